The molecule has 1 atom stereocenters. The smallest absolute Gasteiger partial charge is 0.327 e. The number of hydrogen-bond acceptors (Lipinski definition) is 3. The Labute approximate surface area is 92.9 Å². The van der Waals surface area contributed by atoms with Gasteiger partial charge < -0.3 is 10.0 Å². The summed E-state index contributed by atoms with van der Waals surface area (Å²) >= 11 is 0. The molecule has 1 aliphatic heterocycles. The average Bonchev–Trinajstić information content (AvgIpc) is 2.46. The Morgan fingerprint density at radius 2 is 1.69 bits per heavy atom. The van der Waals surface area contributed by atoms with E-state index in [1.54, 1.807) is 19.2 Å². The molecule has 1 saturated heterocycles. The monoisotopic (exact) mass is 220 g/mol. The number of likely N-dealkylation sites (N-methyl/N-ethyl adjacent to an activating group) is 2. The van der Waals surface area contributed by atoms with E-state index in [2.05, 4.69) is 0 Å². The standard InChI is InChI=1S/C11H12N2O3/c1-12-9(10(15)13(2)11(12)16)7-3-5-8(14)6-4-7/h3-6,9,14H,1-2H3/t9-/m1/s1. The molecule has 0 unspecified atom stereocenters. The molecular weight excluding hydrogens is 208 g/mol. The molecule has 0 aromatic heterocycles. The normalized spacial score (nSPS) is 20.8. The third-order valence-corrected chi connectivity index (χ3v) is 2.75. The van der Waals surface area contributed by atoms with Crippen LogP contribution in [0.4, 0.5) is 4.79 Å². The van der Waals surface area contributed by atoms with Gasteiger partial charge in [-0.15, -0.1) is 0 Å². The second-order valence-electron chi connectivity index (χ2n) is 3.78. The fraction of sp³-hybridized carbons (Fsp3) is 0.273. The first-order valence-electron chi connectivity index (χ1n) is 4.85. The number of rotatable bonds is 1. The Balaban J connectivity index is 2.38. The lowest BCUT2D eigenvalue weighted by Gasteiger charge is -2.16. The van der Waals surface area contributed by atoms with Gasteiger partial charge >= 0.3 is 6.03 Å². The van der Waals surface area contributed by atoms with Crippen molar-refractivity contribution in [3.05, 3.63) is 29.8 Å². The summed E-state index contributed by atoms with van der Waals surface area (Å²) in [5.41, 5.74) is 0.697. The summed E-state index contributed by atoms with van der Waals surface area (Å²) in [6, 6.07) is 5.38. The molecule has 1 aromatic carbocycles. The largest absolute Gasteiger partial charge is 0.508 e. The van der Waals surface area contributed by atoms with Crippen LogP contribution in [0.5, 0.6) is 5.75 Å². The van der Waals surface area contributed by atoms with Crippen molar-refractivity contribution in [3.63, 3.8) is 0 Å². The molecule has 5 heteroatoms. The number of benzene rings is 1. The lowest BCUT2D eigenvalue weighted by atomic mass is 10.1. The number of urea groups is 1. The summed E-state index contributed by atoms with van der Waals surface area (Å²) in [7, 11) is 3.04. The summed E-state index contributed by atoms with van der Waals surface area (Å²) in [4.78, 5) is 25.8. The maximum absolute atomic E-state index is 11.8. The van der Waals surface area contributed by atoms with Crippen LogP contribution in [0.25, 0.3) is 0 Å². The Hall–Kier alpha value is -2.04. The summed E-state index contributed by atoms with van der Waals surface area (Å²) in [6.45, 7) is 0. The van der Waals surface area contributed by atoms with Crippen molar-refractivity contribution in [1.29, 1.82) is 0 Å². The highest BCUT2D eigenvalue weighted by Gasteiger charge is 2.41. The molecule has 1 heterocycles. The summed E-state index contributed by atoms with van der Waals surface area (Å²) in [6.07, 6.45) is 0. The Morgan fingerprint density at radius 3 is 2.12 bits per heavy atom. The summed E-state index contributed by atoms with van der Waals surface area (Å²) in [5, 5.41) is 9.16. The Kier molecular flexibility index (Phi) is 2.30. The number of hydrogen-bond donors (Lipinski definition) is 1. The number of imide groups is 1. The van der Waals surface area contributed by atoms with Crippen LogP contribution < -0.4 is 0 Å². The lowest BCUT2D eigenvalue weighted by Crippen LogP contribution is -2.27. The van der Waals surface area contributed by atoms with Gasteiger partial charge in [0.05, 0.1) is 0 Å². The van der Waals surface area contributed by atoms with Gasteiger partial charge in [0, 0.05) is 14.1 Å². The summed E-state index contributed by atoms with van der Waals surface area (Å²) in [5.74, 6) is -0.116. The highest BCUT2D eigenvalue weighted by atomic mass is 16.3. The van der Waals surface area contributed by atoms with Crippen molar-refractivity contribution in [2.24, 2.45) is 0 Å². The van der Waals surface area contributed by atoms with Gasteiger partial charge in [-0.2, -0.15) is 0 Å². The minimum absolute atomic E-state index is 0.136. The van der Waals surface area contributed by atoms with Crippen LogP contribution in [0, 0.1) is 0 Å². The zero-order valence-corrected chi connectivity index (χ0v) is 9.04. The first-order valence-corrected chi connectivity index (χ1v) is 4.85. The molecule has 1 aromatic rings. The molecule has 2 rings (SSSR count). The van der Waals surface area contributed by atoms with Crippen LogP contribution in [-0.4, -0.2) is 40.9 Å². The highest BCUT2D eigenvalue weighted by molar-refractivity contribution is 6.04. The van der Waals surface area contributed by atoms with Crippen molar-refractivity contribution in [3.8, 4) is 5.75 Å². The molecule has 0 spiro atoms. The van der Waals surface area contributed by atoms with Crippen LogP contribution in [0.15, 0.2) is 24.3 Å². The minimum Gasteiger partial charge on any atom is -0.508 e. The molecule has 0 radical (unpaired) electrons. The second kappa shape index (κ2) is 3.52. The number of aromatic hydroxyl groups is 1. The number of carbonyl (C=O) groups excluding carboxylic acids is 2. The first kappa shape index (κ1) is 10.5. The van der Waals surface area contributed by atoms with Crippen LogP contribution >= 0.6 is 0 Å². The number of nitrogens with zero attached hydrogens (tertiary/aromatic N) is 2. The lowest BCUT2D eigenvalue weighted by molar-refractivity contribution is -0.127. The fourth-order valence-electron chi connectivity index (χ4n) is 1.81. The van der Waals surface area contributed by atoms with E-state index in [4.69, 9.17) is 5.11 Å². The third-order valence-electron chi connectivity index (χ3n) is 2.75. The van der Waals surface area contributed by atoms with E-state index in [1.165, 1.54) is 24.1 Å². The van der Waals surface area contributed by atoms with E-state index in [0.29, 0.717) is 5.56 Å². The van der Waals surface area contributed by atoms with E-state index >= 15 is 0 Å². The van der Waals surface area contributed by atoms with Crippen molar-refractivity contribution in [2.75, 3.05) is 14.1 Å². The number of amides is 3. The SMILES string of the molecule is CN1C(=O)[C@@H](c2ccc(O)cc2)N(C)C1=O. The van der Waals surface area contributed by atoms with Crippen LogP contribution in [0.1, 0.15) is 11.6 Å². The van der Waals surface area contributed by atoms with Gasteiger partial charge in [0.1, 0.15) is 11.8 Å². The van der Waals surface area contributed by atoms with Gasteiger partial charge in [-0.3, -0.25) is 9.69 Å². The molecule has 16 heavy (non-hydrogen) atoms. The van der Waals surface area contributed by atoms with E-state index in [-0.39, 0.29) is 17.7 Å². The summed E-state index contributed by atoms with van der Waals surface area (Å²) < 4.78 is 0. The molecule has 0 aliphatic carbocycles. The van der Waals surface area contributed by atoms with Crippen LogP contribution in [0.2, 0.25) is 0 Å². The third kappa shape index (κ3) is 1.41. The van der Waals surface area contributed by atoms with E-state index in [9.17, 15) is 9.59 Å². The Bertz CT molecular complexity index is 441. The maximum Gasteiger partial charge on any atom is 0.327 e. The molecule has 1 N–H and O–H groups in total. The second-order valence-corrected chi connectivity index (χ2v) is 3.78. The zero-order valence-electron chi connectivity index (χ0n) is 9.04. The fourth-order valence-corrected chi connectivity index (χ4v) is 1.81. The first-order chi connectivity index (χ1) is 7.52. The van der Waals surface area contributed by atoms with Gasteiger partial charge in [-0.05, 0) is 17.7 Å². The number of carbonyl (C=O) groups is 2. The van der Waals surface area contributed by atoms with E-state index in [0.717, 1.165) is 4.90 Å². The minimum atomic E-state index is -0.585. The molecule has 0 bridgehead atoms. The quantitative estimate of drug-likeness (QED) is 0.717. The van der Waals surface area contributed by atoms with Crippen molar-refractivity contribution >= 4 is 11.9 Å². The molecule has 5 nitrogen and oxygen atoms in total. The van der Waals surface area contributed by atoms with Gasteiger partial charge in [-0.25, -0.2) is 4.79 Å². The van der Waals surface area contributed by atoms with Crippen molar-refractivity contribution in [1.82, 2.24) is 9.80 Å². The topological polar surface area (TPSA) is 60.9 Å². The van der Waals surface area contributed by atoms with E-state index in [1.807, 2.05) is 0 Å². The maximum atomic E-state index is 11.8. The molecule has 1 aliphatic rings. The predicted octanol–water partition coefficient (Wildman–Crippen LogP) is 0.957. The van der Waals surface area contributed by atoms with E-state index < -0.39 is 6.04 Å². The number of phenolic OH excluding ortho intramolecular Hbond substituents is 1. The molecular formula is C11H12N2O3. The molecule has 84 valence electrons. The van der Waals surface area contributed by atoms with Gasteiger partial charge in [-0.1, -0.05) is 12.1 Å². The zero-order chi connectivity index (χ0) is 11.9. The molecule has 0 saturated carbocycles. The molecule has 1 fully saturated rings. The predicted molar refractivity (Wildman–Crippen MR) is 56.8 cm³/mol. The van der Waals surface area contributed by atoms with Gasteiger partial charge in [0.15, 0.2) is 0 Å². The highest BCUT2D eigenvalue weighted by Crippen LogP contribution is 2.29. The van der Waals surface area contributed by atoms with Crippen LogP contribution in [-0.2, 0) is 4.79 Å². The van der Waals surface area contributed by atoms with Gasteiger partial charge in [0.25, 0.3) is 5.91 Å². The Morgan fingerprint density at radius 1 is 1.12 bits per heavy atom. The van der Waals surface area contributed by atoms with Crippen molar-refractivity contribution < 1.29 is 14.7 Å². The average molecular weight is 220 g/mol. The van der Waals surface area contributed by atoms with Crippen molar-refractivity contribution in [2.45, 2.75) is 6.04 Å². The molecule has 3 amide bonds. The number of phenols is 1. The van der Waals surface area contributed by atoms with Crippen LogP contribution in [0.3, 0.4) is 0 Å². The van der Waals surface area contributed by atoms with Gasteiger partial charge in [0.2, 0.25) is 0 Å².